The standard InChI is InChI=1S/C19H13ClN2O4S2/c1-26-19(23)17-10-15(5-7-18(17)20)22-28(24,25)16-6-3-12-2-4-14(21-11-27)8-13(12)9-16/h2-10,22H,1H3. The molecule has 0 amide bonds. The number of isothiocyanates is 1. The van der Waals surface area contributed by atoms with E-state index in [0.29, 0.717) is 11.1 Å². The molecule has 0 aliphatic rings. The van der Waals surface area contributed by atoms with E-state index >= 15 is 0 Å². The molecule has 0 fully saturated rings. The third kappa shape index (κ3) is 4.21. The van der Waals surface area contributed by atoms with Gasteiger partial charge in [-0.2, -0.15) is 4.99 Å². The first-order valence-corrected chi connectivity index (χ1v) is 10.1. The Balaban J connectivity index is 1.99. The van der Waals surface area contributed by atoms with E-state index in [4.69, 9.17) is 11.6 Å². The van der Waals surface area contributed by atoms with Crippen molar-refractivity contribution in [1.29, 1.82) is 0 Å². The Morgan fingerprint density at radius 1 is 1.11 bits per heavy atom. The molecular weight excluding hydrogens is 420 g/mol. The lowest BCUT2D eigenvalue weighted by Crippen LogP contribution is -2.13. The molecule has 3 aromatic carbocycles. The fraction of sp³-hybridized carbons (Fsp3) is 0.0526. The smallest absolute Gasteiger partial charge is 0.339 e. The lowest BCUT2D eigenvalue weighted by Gasteiger charge is -2.11. The highest BCUT2D eigenvalue weighted by Gasteiger charge is 2.17. The Kier molecular flexibility index (Phi) is 5.76. The highest BCUT2D eigenvalue weighted by atomic mass is 35.5. The van der Waals surface area contributed by atoms with Crippen molar-refractivity contribution in [1.82, 2.24) is 0 Å². The monoisotopic (exact) mass is 432 g/mol. The first-order chi connectivity index (χ1) is 13.3. The number of esters is 1. The Morgan fingerprint density at radius 3 is 2.57 bits per heavy atom. The SMILES string of the molecule is COC(=O)c1cc(NS(=O)(=O)c2ccc3ccc(N=C=S)cc3c2)ccc1Cl. The van der Waals surface area contributed by atoms with Gasteiger partial charge in [0.15, 0.2) is 0 Å². The molecular formula is C19H13ClN2O4S2. The van der Waals surface area contributed by atoms with Gasteiger partial charge in [-0.3, -0.25) is 4.72 Å². The molecule has 0 saturated carbocycles. The second kappa shape index (κ2) is 8.08. The van der Waals surface area contributed by atoms with Gasteiger partial charge in [-0.25, -0.2) is 13.2 Å². The number of halogens is 1. The van der Waals surface area contributed by atoms with Crippen molar-refractivity contribution in [2.75, 3.05) is 11.8 Å². The van der Waals surface area contributed by atoms with Gasteiger partial charge in [0, 0.05) is 5.69 Å². The molecule has 0 spiro atoms. The normalized spacial score (nSPS) is 10.9. The van der Waals surface area contributed by atoms with Gasteiger partial charge in [0.05, 0.1) is 33.4 Å². The van der Waals surface area contributed by atoms with E-state index in [0.717, 1.165) is 5.39 Å². The summed E-state index contributed by atoms with van der Waals surface area (Å²) in [6.07, 6.45) is 0. The number of hydrogen-bond acceptors (Lipinski definition) is 6. The molecule has 0 aromatic heterocycles. The summed E-state index contributed by atoms with van der Waals surface area (Å²) in [7, 11) is -2.69. The first-order valence-electron chi connectivity index (χ1n) is 7.86. The lowest BCUT2D eigenvalue weighted by atomic mass is 10.1. The molecule has 0 bridgehead atoms. The molecule has 9 heteroatoms. The number of fused-ring (bicyclic) bond motifs is 1. The maximum atomic E-state index is 12.8. The fourth-order valence-corrected chi connectivity index (χ4v) is 3.96. The maximum absolute atomic E-state index is 12.8. The molecule has 0 aliphatic heterocycles. The van der Waals surface area contributed by atoms with Crippen molar-refractivity contribution in [2.24, 2.45) is 4.99 Å². The van der Waals surface area contributed by atoms with Crippen LogP contribution in [0.3, 0.4) is 0 Å². The number of ether oxygens (including phenoxy) is 1. The number of nitrogens with zero attached hydrogens (tertiary/aromatic N) is 1. The molecule has 0 radical (unpaired) electrons. The Morgan fingerprint density at radius 2 is 1.86 bits per heavy atom. The summed E-state index contributed by atoms with van der Waals surface area (Å²) in [5, 5.41) is 3.97. The second-order valence-corrected chi connectivity index (χ2v) is 7.96. The second-order valence-electron chi connectivity index (χ2n) is 5.69. The predicted molar refractivity (Wildman–Crippen MR) is 112 cm³/mol. The van der Waals surface area contributed by atoms with Crippen molar-refractivity contribution in [2.45, 2.75) is 4.90 Å². The van der Waals surface area contributed by atoms with Crippen molar-refractivity contribution in [3.05, 3.63) is 65.2 Å². The lowest BCUT2D eigenvalue weighted by molar-refractivity contribution is 0.0601. The van der Waals surface area contributed by atoms with Gasteiger partial charge >= 0.3 is 5.97 Å². The molecule has 3 rings (SSSR count). The van der Waals surface area contributed by atoms with Gasteiger partial charge in [-0.05, 0) is 65.5 Å². The summed E-state index contributed by atoms with van der Waals surface area (Å²) in [4.78, 5) is 15.7. The fourth-order valence-electron chi connectivity index (χ4n) is 2.57. The number of aliphatic imine (C=N–C) groups is 1. The molecule has 28 heavy (non-hydrogen) atoms. The number of hydrogen-bond donors (Lipinski definition) is 1. The van der Waals surface area contributed by atoms with Gasteiger partial charge in [0.25, 0.3) is 10.0 Å². The summed E-state index contributed by atoms with van der Waals surface area (Å²) in [6, 6.07) is 14.2. The number of methoxy groups -OCH3 is 1. The van der Waals surface area contributed by atoms with Crippen molar-refractivity contribution in [3.8, 4) is 0 Å². The molecule has 1 N–H and O–H groups in total. The van der Waals surface area contributed by atoms with Crippen LogP contribution in [0.5, 0.6) is 0 Å². The quantitative estimate of drug-likeness (QED) is 0.355. The van der Waals surface area contributed by atoms with Crippen LogP contribution in [0.1, 0.15) is 10.4 Å². The van der Waals surface area contributed by atoms with Gasteiger partial charge in [-0.15, -0.1) is 0 Å². The van der Waals surface area contributed by atoms with E-state index in [2.05, 4.69) is 31.8 Å². The van der Waals surface area contributed by atoms with E-state index in [1.807, 2.05) is 6.07 Å². The van der Waals surface area contributed by atoms with E-state index in [9.17, 15) is 13.2 Å². The van der Waals surface area contributed by atoms with Crippen LogP contribution in [-0.4, -0.2) is 26.7 Å². The molecule has 3 aromatic rings. The minimum absolute atomic E-state index is 0.0538. The molecule has 0 atom stereocenters. The van der Waals surface area contributed by atoms with E-state index in [1.165, 1.54) is 37.4 Å². The van der Waals surface area contributed by atoms with E-state index < -0.39 is 16.0 Å². The highest BCUT2D eigenvalue weighted by Crippen LogP contribution is 2.27. The van der Waals surface area contributed by atoms with Crippen molar-refractivity contribution in [3.63, 3.8) is 0 Å². The first kappa shape index (κ1) is 20.0. The largest absolute Gasteiger partial charge is 0.465 e. The third-order valence-electron chi connectivity index (χ3n) is 3.90. The van der Waals surface area contributed by atoms with E-state index in [-0.39, 0.29) is 21.2 Å². The molecule has 0 unspecified atom stereocenters. The number of nitrogens with one attached hydrogen (secondary N) is 1. The molecule has 0 heterocycles. The van der Waals surface area contributed by atoms with Crippen LogP contribution in [0.4, 0.5) is 11.4 Å². The number of carbonyl (C=O) groups excluding carboxylic acids is 1. The Hall–Kier alpha value is -2.77. The number of rotatable bonds is 5. The number of anilines is 1. The van der Waals surface area contributed by atoms with Gasteiger partial charge in [-0.1, -0.05) is 23.7 Å². The van der Waals surface area contributed by atoms with Crippen LogP contribution < -0.4 is 4.72 Å². The summed E-state index contributed by atoms with van der Waals surface area (Å²) in [5.41, 5.74) is 0.819. The Bertz CT molecular complexity index is 1240. The zero-order valence-electron chi connectivity index (χ0n) is 14.5. The average Bonchev–Trinajstić information content (AvgIpc) is 2.68. The summed E-state index contributed by atoms with van der Waals surface area (Å²) >= 11 is 10.6. The predicted octanol–water partition coefficient (Wildman–Crippen LogP) is 4.81. The molecule has 142 valence electrons. The topological polar surface area (TPSA) is 84.8 Å². The maximum Gasteiger partial charge on any atom is 0.339 e. The van der Waals surface area contributed by atoms with Crippen LogP contribution in [0.25, 0.3) is 10.8 Å². The number of thiocarbonyl (C=S) groups is 1. The molecule has 0 aliphatic carbocycles. The van der Waals surface area contributed by atoms with Gasteiger partial charge < -0.3 is 4.74 Å². The van der Waals surface area contributed by atoms with Gasteiger partial charge in [0.2, 0.25) is 0 Å². The molecule has 0 saturated heterocycles. The third-order valence-corrected chi connectivity index (χ3v) is 5.70. The number of sulfonamides is 1. The minimum atomic E-state index is -3.90. The summed E-state index contributed by atoms with van der Waals surface area (Å²) in [6.45, 7) is 0. The minimum Gasteiger partial charge on any atom is -0.465 e. The van der Waals surface area contributed by atoms with E-state index in [1.54, 1.807) is 18.2 Å². The average molecular weight is 433 g/mol. The highest BCUT2D eigenvalue weighted by molar-refractivity contribution is 7.92. The zero-order valence-corrected chi connectivity index (χ0v) is 16.9. The Labute approximate surface area is 171 Å². The number of benzene rings is 3. The van der Waals surface area contributed by atoms with Crippen molar-refractivity contribution < 1.29 is 17.9 Å². The van der Waals surface area contributed by atoms with Gasteiger partial charge in [0.1, 0.15) is 0 Å². The molecule has 6 nitrogen and oxygen atoms in total. The van der Waals surface area contributed by atoms with Crippen LogP contribution >= 0.6 is 23.8 Å². The number of carbonyl (C=O) groups is 1. The zero-order chi connectivity index (χ0) is 20.3. The van der Waals surface area contributed by atoms with Crippen LogP contribution in [0, 0.1) is 0 Å². The summed E-state index contributed by atoms with van der Waals surface area (Å²) in [5.74, 6) is -0.664. The van der Waals surface area contributed by atoms with Crippen LogP contribution in [0.15, 0.2) is 64.5 Å². The van der Waals surface area contributed by atoms with Crippen molar-refractivity contribution >= 4 is 67.1 Å². The summed E-state index contributed by atoms with van der Waals surface area (Å²) < 4.78 is 32.6. The van der Waals surface area contributed by atoms with Crippen LogP contribution in [0.2, 0.25) is 5.02 Å². The van der Waals surface area contributed by atoms with Crippen LogP contribution in [-0.2, 0) is 14.8 Å².